The van der Waals surface area contributed by atoms with Crippen molar-refractivity contribution in [1.82, 2.24) is 0 Å². The van der Waals surface area contributed by atoms with E-state index in [1.807, 2.05) is 21.1 Å². The van der Waals surface area contributed by atoms with E-state index in [0.29, 0.717) is 23.9 Å². The Hall–Kier alpha value is -5.41. The molecule has 0 rings (SSSR count). The van der Waals surface area contributed by atoms with Crippen LogP contribution in [0.4, 0.5) is 0 Å². The molecule has 0 aromatic rings. The molecule has 0 saturated heterocycles. The molecule has 0 aliphatic heterocycles. The van der Waals surface area contributed by atoms with Crippen molar-refractivity contribution in [2.24, 2.45) is 0 Å². The molecule has 0 fully saturated rings. The lowest BCUT2D eigenvalue weighted by Gasteiger charge is -2.28. The molecule has 0 heterocycles. The van der Waals surface area contributed by atoms with Crippen LogP contribution in [-0.2, 0) is 32.7 Å². The largest absolute Gasteiger partial charge is 0.756 e. The average Bonchev–Trinajstić information content (AvgIpc) is 1.56. The zero-order valence-corrected chi connectivity index (χ0v) is 61.0. The fourth-order valence-electron chi connectivity index (χ4n) is 9.25. The minimum atomic E-state index is -4.67. The minimum absolute atomic E-state index is 0.0485. The van der Waals surface area contributed by atoms with Crippen LogP contribution in [0.2, 0.25) is 0 Å². The van der Waals surface area contributed by atoms with Crippen molar-refractivity contribution in [2.45, 2.75) is 264 Å². The minimum Gasteiger partial charge on any atom is -0.756 e. The van der Waals surface area contributed by atoms with Gasteiger partial charge in [0.05, 0.1) is 27.7 Å². The van der Waals surface area contributed by atoms with E-state index in [-0.39, 0.29) is 26.1 Å². The summed E-state index contributed by atoms with van der Waals surface area (Å²) in [5.41, 5.74) is 0. The fraction of sp³-hybridized carbons (Fsp3) is 0.571. The lowest BCUT2D eigenvalue weighted by Crippen LogP contribution is -2.37. The summed E-state index contributed by atoms with van der Waals surface area (Å²) in [5.74, 6) is -0.885. The first-order valence-electron chi connectivity index (χ1n) is 36.8. The van der Waals surface area contributed by atoms with Gasteiger partial charge in [0.1, 0.15) is 19.8 Å². The number of quaternary nitrogens is 1. The average molecular weight is 1320 g/mol. The number of unbranched alkanes of at least 4 members (excludes halogenated alkanes) is 17. The number of nitrogens with zero attached hydrogens (tertiary/aromatic N) is 1. The number of esters is 2. The van der Waals surface area contributed by atoms with Gasteiger partial charge in [-0.3, -0.25) is 14.2 Å². The second-order valence-electron chi connectivity index (χ2n) is 24.8. The molecule has 0 bridgehead atoms. The lowest BCUT2D eigenvalue weighted by molar-refractivity contribution is -0.870. The van der Waals surface area contributed by atoms with Gasteiger partial charge in [0.15, 0.2) is 6.10 Å². The quantitative estimate of drug-likeness (QED) is 0.0195. The number of carbonyl (C=O) groups excluding carboxylic acids is 2. The summed E-state index contributed by atoms with van der Waals surface area (Å²) in [6.07, 6.45) is 113. The fourth-order valence-corrected chi connectivity index (χ4v) is 9.98. The number of hydrogen-bond donors (Lipinski definition) is 0. The lowest BCUT2D eigenvalue weighted by atomic mass is 10.0. The maximum absolute atomic E-state index is 12.9. The number of rotatable bonds is 65. The van der Waals surface area contributed by atoms with E-state index in [9.17, 15) is 19.0 Å². The molecule has 0 radical (unpaired) electrons. The second kappa shape index (κ2) is 71.9. The predicted octanol–water partition coefficient (Wildman–Crippen LogP) is 24.0. The molecule has 0 aromatic carbocycles. The Balaban J connectivity index is 4.18. The summed E-state index contributed by atoms with van der Waals surface area (Å²) in [6, 6.07) is 0. The van der Waals surface area contributed by atoms with Crippen LogP contribution < -0.4 is 4.89 Å². The highest BCUT2D eigenvalue weighted by molar-refractivity contribution is 7.45. The first kappa shape index (κ1) is 88.6. The molecule has 0 aliphatic carbocycles. The van der Waals surface area contributed by atoms with E-state index in [1.165, 1.54) is 70.6 Å². The molecule has 0 saturated carbocycles. The van der Waals surface area contributed by atoms with E-state index in [0.717, 1.165) is 148 Å². The van der Waals surface area contributed by atoms with Crippen molar-refractivity contribution in [3.63, 3.8) is 0 Å². The van der Waals surface area contributed by atoms with Crippen molar-refractivity contribution in [2.75, 3.05) is 47.5 Å². The van der Waals surface area contributed by atoms with Gasteiger partial charge in [-0.2, -0.15) is 0 Å². The smallest absolute Gasteiger partial charge is 0.306 e. The Morgan fingerprint density at radius 1 is 0.330 bits per heavy atom. The third-order valence-corrected chi connectivity index (χ3v) is 15.8. The molecule has 528 valence electrons. The SMILES string of the molecule is CC/C=C\C/C=C\C/C=C\C/C=C\C/C=C\C/C=C\C/C=C\C/C=C\C/C=C\C/C=C\C/C=C\CCCCCC(=O)OC(COC(=O)CCCCCCCCCCCCCCCC/C=C\C/C=C\C/C=C\C/C=C\C/C=C\C/C=C\CC)COP(=O)([O-])OCC[N+](C)(C)C. The molecule has 2 unspecified atom stereocenters. The molecule has 10 heteroatoms. The maximum atomic E-state index is 12.9. The van der Waals surface area contributed by atoms with Gasteiger partial charge in [0.25, 0.3) is 7.82 Å². The summed E-state index contributed by atoms with van der Waals surface area (Å²) >= 11 is 0. The molecule has 0 spiro atoms. The van der Waals surface area contributed by atoms with Crippen LogP contribution in [0.3, 0.4) is 0 Å². The normalized spacial score (nSPS) is 14.3. The Labute approximate surface area is 576 Å². The second-order valence-corrected chi connectivity index (χ2v) is 26.2. The Kier molecular flexibility index (Phi) is 67.7. The van der Waals surface area contributed by atoms with Gasteiger partial charge in [0, 0.05) is 12.8 Å². The third kappa shape index (κ3) is 75.6. The van der Waals surface area contributed by atoms with Gasteiger partial charge in [-0.25, -0.2) is 0 Å². The van der Waals surface area contributed by atoms with Crippen LogP contribution in [0.15, 0.2) is 207 Å². The predicted molar refractivity (Wildman–Crippen MR) is 405 cm³/mol. The van der Waals surface area contributed by atoms with Crippen molar-refractivity contribution in [1.29, 1.82) is 0 Å². The van der Waals surface area contributed by atoms with Crippen LogP contribution in [0.25, 0.3) is 0 Å². The van der Waals surface area contributed by atoms with Crippen LogP contribution in [0, 0.1) is 0 Å². The van der Waals surface area contributed by atoms with Gasteiger partial charge < -0.3 is 27.9 Å². The summed E-state index contributed by atoms with van der Waals surface area (Å²) < 4.78 is 34.3. The number of phosphoric acid groups is 1. The number of hydrogen-bond acceptors (Lipinski definition) is 8. The first-order valence-corrected chi connectivity index (χ1v) is 38.3. The number of ether oxygens (including phenoxy) is 2. The van der Waals surface area contributed by atoms with Crippen molar-refractivity contribution in [3.05, 3.63) is 207 Å². The van der Waals surface area contributed by atoms with E-state index in [2.05, 4.69) is 220 Å². The number of phosphoric ester groups is 1. The van der Waals surface area contributed by atoms with Crippen molar-refractivity contribution in [3.8, 4) is 0 Å². The molecule has 0 aromatic heterocycles. The zero-order valence-electron chi connectivity index (χ0n) is 60.1. The van der Waals surface area contributed by atoms with Crippen LogP contribution in [0.1, 0.15) is 258 Å². The molecular formula is C84H134NO8P. The Bertz CT molecular complexity index is 2340. The highest BCUT2D eigenvalue weighted by atomic mass is 31.2. The van der Waals surface area contributed by atoms with Gasteiger partial charge in [-0.05, 0) is 148 Å². The summed E-state index contributed by atoms with van der Waals surface area (Å²) in [6.45, 7) is 3.95. The first-order chi connectivity index (χ1) is 46.0. The highest BCUT2D eigenvalue weighted by Gasteiger charge is 2.22. The monoisotopic (exact) mass is 1320 g/mol. The Morgan fingerprint density at radius 2 is 0.574 bits per heavy atom. The van der Waals surface area contributed by atoms with E-state index >= 15 is 0 Å². The molecule has 9 nitrogen and oxygen atoms in total. The molecule has 0 N–H and O–H groups in total. The highest BCUT2D eigenvalue weighted by Crippen LogP contribution is 2.38. The van der Waals surface area contributed by atoms with Crippen molar-refractivity contribution < 1.29 is 42.1 Å². The molecule has 0 aliphatic rings. The topological polar surface area (TPSA) is 111 Å². The zero-order chi connectivity index (χ0) is 68.3. The molecule has 2 atom stereocenters. The number of allylic oxidation sites excluding steroid dienone is 34. The van der Waals surface area contributed by atoms with Crippen LogP contribution in [-0.4, -0.2) is 70.0 Å². The summed E-state index contributed by atoms with van der Waals surface area (Å²) in [7, 11) is 1.12. The maximum Gasteiger partial charge on any atom is 0.306 e. The molecular weight excluding hydrogens is 1180 g/mol. The summed E-state index contributed by atoms with van der Waals surface area (Å²) in [5, 5.41) is 0. The third-order valence-electron chi connectivity index (χ3n) is 14.8. The number of likely N-dealkylation sites (N-methyl/N-ethyl adjacent to an activating group) is 1. The van der Waals surface area contributed by atoms with Gasteiger partial charge in [-0.1, -0.05) is 304 Å². The standard InChI is InChI=1S/C84H134NO8P/c1-6-8-10-12-14-16-18-20-22-24-26-28-30-32-34-36-38-40-41-42-43-45-47-49-51-53-55-57-59-61-63-65-67-69-71-73-75-77-84(87)93-82(81-92-94(88,89)91-79-78-85(3,4)5)80-90-83(86)76-74-72-70-68-66-64-62-60-58-56-54-52-50-48-46-44-39-37-35-33-31-29-27-25-23-21-19-17-15-13-11-9-7-2/h8-11,14-17,20-23,26-29,32-35,38-40,42-44,47,49,53,55,59,61,65,67,82H,6-7,12-13,18-19,24-25,30-31,36-37,41,45-46,48,50-52,54,56-58,60,62-64,66,68-81H2,1-5H3/b10-8-,11-9-,16-14-,17-15-,22-20-,23-21-,28-26-,29-27-,34-32-,35-33-,40-38-,43-42-,44-39-,49-47-,55-53-,61-59-,67-65-. The van der Waals surface area contributed by atoms with Gasteiger partial charge in [0.2, 0.25) is 0 Å². The Morgan fingerprint density at radius 3 is 0.862 bits per heavy atom. The number of carbonyl (C=O) groups is 2. The molecule has 94 heavy (non-hydrogen) atoms. The van der Waals surface area contributed by atoms with E-state index < -0.39 is 32.5 Å². The summed E-state index contributed by atoms with van der Waals surface area (Å²) in [4.78, 5) is 38.1. The van der Waals surface area contributed by atoms with Crippen LogP contribution in [0.5, 0.6) is 0 Å². The molecule has 0 amide bonds. The van der Waals surface area contributed by atoms with Crippen molar-refractivity contribution >= 4 is 19.8 Å². The van der Waals surface area contributed by atoms with Gasteiger partial charge >= 0.3 is 11.9 Å². The van der Waals surface area contributed by atoms with E-state index in [4.69, 9.17) is 18.5 Å². The van der Waals surface area contributed by atoms with Crippen LogP contribution >= 0.6 is 7.82 Å². The van der Waals surface area contributed by atoms with E-state index in [1.54, 1.807) is 0 Å². The van der Waals surface area contributed by atoms with Gasteiger partial charge in [-0.15, -0.1) is 0 Å².